The minimum absolute atomic E-state index is 0.451. The summed E-state index contributed by atoms with van der Waals surface area (Å²) in [5.74, 6) is 1.68. The Balaban J connectivity index is 1.33. The van der Waals surface area contributed by atoms with E-state index in [1.54, 1.807) is 0 Å². The predicted molar refractivity (Wildman–Crippen MR) is 176 cm³/mol. The smallest absolute Gasteiger partial charge is 0.217 e. The molecule has 0 spiro atoms. The van der Waals surface area contributed by atoms with Gasteiger partial charge in [0, 0.05) is 56.1 Å². The third-order valence-electron chi connectivity index (χ3n) is 8.71. The van der Waals surface area contributed by atoms with Crippen LogP contribution < -0.4 is 0 Å². The van der Waals surface area contributed by atoms with E-state index in [0.29, 0.717) is 12.0 Å². The Morgan fingerprint density at radius 3 is 2.70 bits per heavy atom. The number of rotatable bonds is 4. The highest BCUT2D eigenvalue weighted by atomic mass is 32.2. The van der Waals surface area contributed by atoms with Crippen molar-refractivity contribution in [2.24, 2.45) is 4.99 Å². The first kappa shape index (κ1) is 25.7. The number of nitrogens with zero attached hydrogens (tertiary/aromatic N) is 2. The maximum Gasteiger partial charge on any atom is 0.217 e. The van der Waals surface area contributed by atoms with Crippen LogP contribution in [0.4, 0.5) is 0 Å². The molecule has 1 aliphatic carbocycles. The quantitative estimate of drug-likeness (QED) is 0.303. The third-order valence-corrected chi connectivity index (χ3v) is 10.9. The highest BCUT2D eigenvalue weighted by Crippen LogP contribution is 2.47. The number of aryl methyl sites for hydroxylation is 3. The van der Waals surface area contributed by atoms with Crippen LogP contribution in [0.1, 0.15) is 56.2 Å². The molecular weight excluding hydrogens is 523 g/mol. The fourth-order valence-electron chi connectivity index (χ4n) is 6.90. The topological polar surface area (TPSA) is 15.6 Å². The molecule has 0 amide bonds. The van der Waals surface area contributed by atoms with Gasteiger partial charge in [0.1, 0.15) is 0 Å². The first-order valence-corrected chi connectivity index (χ1v) is 16.0. The Morgan fingerprint density at radius 2 is 1.85 bits per heavy atom. The number of benzene rings is 2. The van der Waals surface area contributed by atoms with E-state index in [1.165, 1.54) is 60.0 Å². The molecule has 0 fully saturated rings. The molecule has 7 rings (SSSR count). The number of aliphatic imine (C=N–C) groups is 1. The summed E-state index contributed by atoms with van der Waals surface area (Å²) in [5.41, 5.74) is 14.1. The van der Waals surface area contributed by atoms with Gasteiger partial charge in [-0.25, -0.2) is 4.99 Å². The van der Waals surface area contributed by atoms with E-state index in [0.717, 1.165) is 30.0 Å². The van der Waals surface area contributed by atoms with Gasteiger partial charge in [-0.3, -0.25) is 0 Å². The molecule has 3 aliphatic heterocycles. The average Bonchev–Trinajstić information content (AvgIpc) is 3.71. The van der Waals surface area contributed by atoms with E-state index in [9.17, 15) is 0 Å². The second-order valence-electron chi connectivity index (χ2n) is 11.3. The van der Waals surface area contributed by atoms with Gasteiger partial charge < -0.3 is 4.81 Å². The van der Waals surface area contributed by atoms with Gasteiger partial charge in [0.25, 0.3) is 0 Å². The Hall–Kier alpha value is -3.28. The summed E-state index contributed by atoms with van der Waals surface area (Å²) in [6, 6.07) is 14.1. The number of fused-ring (bicyclic) bond motifs is 2. The van der Waals surface area contributed by atoms with Crippen molar-refractivity contribution in [1.29, 1.82) is 0 Å². The lowest BCUT2D eigenvalue weighted by atomic mass is 9.88. The van der Waals surface area contributed by atoms with E-state index in [1.807, 2.05) is 23.1 Å². The first-order valence-electron chi connectivity index (χ1n) is 14.2. The second kappa shape index (κ2) is 10.3. The van der Waals surface area contributed by atoms with Crippen molar-refractivity contribution in [1.82, 2.24) is 4.81 Å². The Kier molecular flexibility index (Phi) is 6.60. The van der Waals surface area contributed by atoms with Crippen LogP contribution in [0.15, 0.2) is 99.5 Å². The van der Waals surface area contributed by atoms with Crippen molar-refractivity contribution in [3.8, 4) is 0 Å². The van der Waals surface area contributed by atoms with Gasteiger partial charge in [0.05, 0.1) is 11.4 Å². The summed E-state index contributed by atoms with van der Waals surface area (Å²) in [6.45, 7) is 6.71. The molecule has 2 nitrogen and oxygen atoms in total. The van der Waals surface area contributed by atoms with Crippen LogP contribution in [0.3, 0.4) is 0 Å². The Labute approximate surface area is 247 Å². The normalized spacial score (nSPS) is 22.3. The standard InChI is InChI=1S/C35H33BN2S2/c1-21-17-22(2)34(23(3)18-21)35(29-14-13-28(37-29)26-19-39-32-11-6-4-5-9-24(26)32)31-16-15-30(38(31)36)27-20-40-33-12-8-7-10-25(27)33/h4-10,12-14,16-19,27,30H,11,15,20,36H2,1-3H3/b35-29+. The molecule has 198 valence electrons. The molecule has 2 aromatic carbocycles. The highest BCUT2D eigenvalue weighted by Gasteiger charge is 2.37. The zero-order valence-corrected chi connectivity index (χ0v) is 25.2. The lowest BCUT2D eigenvalue weighted by molar-refractivity contribution is 0.396. The molecule has 2 atom stereocenters. The van der Waals surface area contributed by atoms with Crippen LogP contribution in [-0.4, -0.2) is 30.3 Å². The van der Waals surface area contributed by atoms with Crippen LogP contribution >= 0.6 is 23.1 Å². The van der Waals surface area contributed by atoms with E-state index in [2.05, 4.69) is 118 Å². The van der Waals surface area contributed by atoms with Crippen molar-refractivity contribution in [2.75, 3.05) is 5.75 Å². The first-order chi connectivity index (χ1) is 19.5. The number of hydrogen-bond acceptors (Lipinski definition) is 4. The second-order valence-corrected chi connectivity index (χ2v) is 13.3. The number of allylic oxidation sites excluding steroid dienone is 6. The SMILES string of the molecule is BN1C(/C(=C2/C=CC(c3csc4c3C=CC=CC4)=N2)c2c(C)cc(C)cc2C)=CCC1C1CSc2ccccc21. The molecule has 4 aliphatic rings. The summed E-state index contributed by atoms with van der Waals surface area (Å²) >= 11 is 3.85. The van der Waals surface area contributed by atoms with Crippen molar-refractivity contribution in [3.05, 3.63) is 133 Å². The van der Waals surface area contributed by atoms with Crippen LogP contribution in [0.5, 0.6) is 0 Å². The van der Waals surface area contributed by atoms with Gasteiger partial charge in [0.2, 0.25) is 7.98 Å². The van der Waals surface area contributed by atoms with Gasteiger partial charge in [0.15, 0.2) is 0 Å². The Bertz CT molecular complexity index is 1690. The largest absolute Gasteiger partial charge is 0.418 e. The summed E-state index contributed by atoms with van der Waals surface area (Å²) in [6.07, 6.45) is 17.8. The summed E-state index contributed by atoms with van der Waals surface area (Å²) in [5, 5.41) is 2.29. The van der Waals surface area contributed by atoms with Gasteiger partial charge >= 0.3 is 0 Å². The molecule has 4 heterocycles. The fourth-order valence-corrected chi connectivity index (χ4v) is 9.22. The van der Waals surface area contributed by atoms with Gasteiger partial charge in [-0.2, -0.15) is 0 Å². The molecule has 1 aromatic heterocycles. The van der Waals surface area contributed by atoms with Crippen LogP contribution in [0.2, 0.25) is 0 Å². The average molecular weight is 557 g/mol. The summed E-state index contributed by atoms with van der Waals surface area (Å²) < 4.78 is 0. The molecule has 40 heavy (non-hydrogen) atoms. The van der Waals surface area contributed by atoms with Crippen molar-refractivity contribution in [3.63, 3.8) is 0 Å². The molecule has 0 saturated carbocycles. The molecule has 0 radical (unpaired) electrons. The fraction of sp³-hybridized carbons (Fsp3) is 0.229. The number of thioether (sulfide) groups is 1. The molecule has 0 saturated heterocycles. The lowest BCUT2D eigenvalue weighted by Crippen LogP contribution is -2.34. The van der Waals surface area contributed by atoms with E-state index in [-0.39, 0.29) is 0 Å². The van der Waals surface area contributed by atoms with Crippen molar-refractivity contribution < 1.29 is 0 Å². The highest BCUT2D eigenvalue weighted by molar-refractivity contribution is 7.99. The molecule has 2 unspecified atom stereocenters. The molecule has 3 aromatic rings. The molecule has 0 bridgehead atoms. The number of hydrogen-bond donors (Lipinski definition) is 0. The maximum atomic E-state index is 5.35. The Morgan fingerprint density at radius 1 is 1.02 bits per heavy atom. The van der Waals surface area contributed by atoms with Gasteiger partial charge in [-0.15, -0.1) is 23.1 Å². The van der Waals surface area contributed by atoms with E-state index >= 15 is 0 Å². The minimum Gasteiger partial charge on any atom is -0.418 e. The summed E-state index contributed by atoms with van der Waals surface area (Å²) in [4.78, 5) is 10.8. The van der Waals surface area contributed by atoms with Crippen LogP contribution in [0, 0.1) is 20.8 Å². The molecule has 5 heteroatoms. The van der Waals surface area contributed by atoms with Crippen LogP contribution in [0.25, 0.3) is 11.6 Å². The minimum atomic E-state index is 0.451. The molecular formula is C35H33BN2S2. The third kappa shape index (κ3) is 4.31. The zero-order valence-electron chi connectivity index (χ0n) is 23.6. The maximum absolute atomic E-state index is 5.35. The lowest BCUT2D eigenvalue weighted by Gasteiger charge is -2.33. The monoisotopic (exact) mass is 556 g/mol. The van der Waals surface area contributed by atoms with E-state index in [4.69, 9.17) is 4.99 Å². The van der Waals surface area contributed by atoms with Crippen molar-refractivity contribution >= 4 is 48.4 Å². The zero-order chi connectivity index (χ0) is 27.4. The van der Waals surface area contributed by atoms with Gasteiger partial charge in [-0.05, 0) is 73.2 Å². The van der Waals surface area contributed by atoms with Crippen LogP contribution in [-0.2, 0) is 6.42 Å². The molecule has 0 N–H and O–H groups in total. The van der Waals surface area contributed by atoms with Gasteiger partial charge in [-0.1, -0.05) is 66.3 Å². The van der Waals surface area contributed by atoms with Crippen molar-refractivity contribution in [2.45, 2.75) is 50.5 Å². The van der Waals surface area contributed by atoms with E-state index < -0.39 is 0 Å². The predicted octanol–water partition coefficient (Wildman–Crippen LogP) is 7.96. The number of thiophene rings is 1. The summed E-state index contributed by atoms with van der Waals surface area (Å²) in [7, 11) is 2.30.